The molecule has 148 valence electrons. The molecular formula is C18H25N3O6. The summed E-state index contributed by atoms with van der Waals surface area (Å²) < 4.78 is 10.0. The van der Waals surface area contributed by atoms with E-state index in [1.807, 2.05) is 0 Å². The number of esters is 1. The molecule has 0 aliphatic carbocycles. The highest BCUT2D eigenvalue weighted by molar-refractivity contribution is 5.96. The van der Waals surface area contributed by atoms with Gasteiger partial charge in [-0.3, -0.25) is 14.4 Å². The molecule has 9 nitrogen and oxygen atoms in total. The van der Waals surface area contributed by atoms with Crippen molar-refractivity contribution < 1.29 is 28.7 Å². The number of primary amides is 1. The molecule has 0 fully saturated rings. The molecule has 0 heterocycles. The smallest absolute Gasteiger partial charge is 0.407 e. The zero-order valence-corrected chi connectivity index (χ0v) is 15.8. The number of carbonyl (C=O) groups excluding carboxylic acids is 4. The molecule has 0 unspecified atom stereocenters. The minimum Gasteiger partial charge on any atom is -0.452 e. The minimum absolute atomic E-state index is 0.0245. The molecule has 1 rings (SSSR count). The van der Waals surface area contributed by atoms with Gasteiger partial charge in [-0.2, -0.15) is 0 Å². The average Bonchev–Trinajstić information content (AvgIpc) is 2.53. The Morgan fingerprint density at radius 1 is 1.11 bits per heavy atom. The summed E-state index contributed by atoms with van der Waals surface area (Å²) in [5.41, 5.74) is 5.25. The first-order chi connectivity index (χ1) is 12.5. The van der Waals surface area contributed by atoms with E-state index in [1.165, 1.54) is 31.2 Å². The van der Waals surface area contributed by atoms with Gasteiger partial charge in [0.2, 0.25) is 5.91 Å². The third-order valence-corrected chi connectivity index (χ3v) is 3.11. The number of ether oxygens (including phenoxy) is 2. The summed E-state index contributed by atoms with van der Waals surface area (Å²) in [5.74, 6) is -1.75. The second-order valence-corrected chi connectivity index (χ2v) is 6.74. The number of benzene rings is 1. The second-order valence-electron chi connectivity index (χ2n) is 6.74. The number of nitrogens with two attached hydrogens (primary N) is 1. The number of anilines is 1. The lowest BCUT2D eigenvalue weighted by Crippen LogP contribution is -2.35. The average molecular weight is 379 g/mol. The van der Waals surface area contributed by atoms with Crippen LogP contribution in [-0.2, 0) is 19.1 Å². The highest BCUT2D eigenvalue weighted by atomic mass is 16.6. The molecule has 9 heteroatoms. The van der Waals surface area contributed by atoms with Crippen LogP contribution in [0.3, 0.4) is 0 Å². The highest BCUT2D eigenvalue weighted by Crippen LogP contribution is 2.10. The molecule has 0 saturated carbocycles. The fraction of sp³-hybridized carbons (Fsp3) is 0.444. The number of hydrogen-bond acceptors (Lipinski definition) is 6. The molecule has 27 heavy (non-hydrogen) atoms. The predicted octanol–water partition coefficient (Wildman–Crippen LogP) is 1.57. The van der Waals surface area contributed by atoms with Gasteiger partial charge in [0.1, 0.15) is 5.60 Å². The van der Waals surface area contributed by atoms with Crippen molar-refractivity contribution in [1.82, 2.24) is 5.32 Å². The van der Waals surface area contributed by atoms with Crippen LogP contribution >= 0.6 is 0 Å². The second kappa shape index (κ2) is 9.56. The molecule has 0 aromatic heterocycles. The number of rotatable bonds is 7. The van der Waals surface area contributed by atoms with Crippen LogP contribution in [0.1, 0.15) is 44.5 Å². The Balaban J connectivity index is 2.38. The standard InChI is InChI=1S/C18H25N3O6/c1-11(16(24)21-13-7-5-12(6-8-13)15(19)23)26-14(22)9-10-20-17(25)27-18(2,3)4/h5-8,11H,9-10H2,1-4H3,(H2,19,23)(H,20,25)(H,21,24)/t11-/m0/s1. The molecule has 0 bridgehead atoms. The van der Waals surface area contributed by atoms with Crippen LogP contribution in [0.2, 0.25) is 0 Å². The monoisotopic (exact) mass is 379 g/mol. The third kappa shape index (κ3) is 8.70. The first kappa shape index (κ1) is 21.9. The maximum atomic E-state index is 12.0. The van der Waals surface area contributed by atoms with Crippen LogP contribution in [0.5, 0.6) is 0 Å². The normalized spacial score (nSPS) is 11.9. The summed E-state index contributed by atoms with van der Waals surface area (Å²) in [4.78, 5) is 46.3. The molecule has 0 spiro atoms. The van der Waals surface area contributed by atoms with Crippen LogP contribution in [0.25, 0.3) is 0 Å². The quantitative estimate of drug-likeness (QED) is 0.615. The molecule has 1 aromatic carbocycles. The molecule has 4 N–H and O–H groups in total. The van der Waals surface area contributed by atoms with Crippen LogP contribution in [0, 0.1) is 0 Å². The number of nitrogens with one attached hydrogen (secondary N) is 2. The van der Waals surface area contributed by atoms with E-state index in [1.54, 1.807) is 20.8 Å². The Morgan fingerprint density at radius 3 is 2.22 bits per heavy atom. The van der Waals surface area contributed by atoms with E-state index in [2.05, 4.69) is 10.6 Å². The highest BCUT2D eigenvalue weighted by Gasteiger charge is 2.19. The molecule has 0 aliphatic rings. The number of hydrogen-bond donors (Lipinski definition) is 3. The number of carbonyl (C=O) groups is 4. The van der Waals surface area contributed by atoms with Gasteiger partial charge < -0.3 is 25.8 Å². The summed E-state index contributed by atoms with van der Waals surface area (Å²) in [5, 5.41) is 4.98. The van der Waals surface area contributed by atoms with Crippen molar-refractivity contribution in [2.75, 3.05) is 11.9 Å². The molecule has 0 saturated heterocycles. The van der Waals surface area contributed by atoms with Crippen molar-refractivity contribution in [1.29, 1.82) is 0 Å². The van der Waals surface area contributed by atoms with E-state index >= 15 is 0 Å². The molecule has 1 aromatic rings. The lowest BCUT2D eigenvalue weighted by Gasteiger charge is -2.19. The van der Waals surface area contributed by atoms with Crippen molar-refractivity contribution in [2.24, 2.45) is 5.73 Å². The van der Waals surface area contributed by atoms with Gasteiger partial charge in [0.25, 0.3) is 5.91 Å². The zero-order chi connectivity index (χ0) is 20.6. The maximum Gasteiger partial charge on any atom is 0.407 e. The number of amides is 3. The summed E-state index contributed by atoms with van der Waals surface area (Å²) in [6.07, 6.45) is -1.78. The van der Waals surface area contributed by atoms with Gasteiger partial charge in [-0.15, -0.1) is 0 Å². The first-order valence-electron chi connectivity index (χ1n) is 8.35. The Bertz CT molecular complexity index is 694. The fourth-order valence-corrected chi connectivity index (χ4v) is 1.85. The summed E-state index contributed by atoms with van der Waals surface area (Å²) in [7, 11) is 0. The molecule has 0 aliphatic heterocycles. The summed E-state index contributed by atoms with van der Waals surface area (Å²) in [6, 6.07) is 5.96. The van der Waals surface area contributed by atoms with Gasteiger partial charge in [0.05, 0.1) is 6.42 Å². The van der Waals surface area contributed by atoms with Gasteiger partial charge in [-0.1, -0.05) is 0 Å². The zero-order valence-electron chi connectivity index (χ0n) is 15.8. The van der Waals surface area contributed by atoms with Crippen molar-refractivity contribution in [2.45, 2.75) is 45.8 Å². The van der Waals surface area contributed by atoms with Crippen LogP contribution in [-0.4, -0.2) is 42.1 Å². The van der Waals surface area contributed by atoms with Crippen molar-refractivity contribution in [3.8, 4) is 0 Å². The number of alkyl carbamates (subject to hydrolysis) is 1. The summed E-state index contributed by atoms with van der Waals surface area (Å²) in [6.45, 7) is 6.62. The third-order valence-electron chi connectivity index (χ3n) is 3.11. The Hall–Kier alpha value is -3.10. The fourth-order valence-electron chi connectivity index (χ4n) is 1.85. The Labute approximate surface area is 157 Å². The topological polar surface area (TPSA) is 137 Å². The predicted molar refractivity (Wildman–Crippen MR) is 98.0 cm³/mol. The van der Waals surface area contributed by atoms with Gasteiger partial charge in [0.15, 0.2) is 6.10 Å². The lowest BCUT2D eigenvalue weighted by molar-refractivity contribution is -0.153. The van der Waals surface area contributed by atoms with E-state index < -0.39 is 35.6 Å². The van der Waals surface area contributed by atoms with Crippen LogP contribution < -0.4 is 16.4 Å². The van der Waals surface area contributed by atoms with Crippen molar-refractivity contribution in [3.05, 3.63) is 29.8 Å². The van der Waals surface area contributed by atoms with E-state index in [0.717, 1.165) is 0 Å². The van der Waals surface area contributed by atoms with Crippen molar-refractivity contribution >= 4 is 29.6 Å². The molecular weight excluding hydrogens is 354 g/mol. The van der Waals surface area contributed by atoms with Gasteiger partial charge in [-0.05, 0) is 52.0 Å². The van der Waals surface area contributed by atoms with Crippen LogP contribution in [0.4, 0.5) is 10.5 Å². The van der Waals surface area contributed by atoms with E-state index in [0.29, 0.717) is 11.3 Å². The maximum absolute atomic E-state index is 12.0. The molecule has 1 atom stereocenters. The van der Waals surface area contributed by atoms with E-state index in [9.17, 15) is 19.2 Å². The lowest BCUT2D eigenvalue weighted by atomic mass is 10.2. The van der Waals surface area contributed by atoms with Crippen molar-refractivity contribution in [3.63, 3.8) is 0 Å². The van der Waals surface area contributed by atoms with E-state index in [-0.39, 0.29) is 13.0 Å². The van der Waals surface area contributed by atoms with Gasteiger partial charge in [-0.25, -0.2) is 4.79 Å². The Morgan fingerprint density at radius 2 is 1.70 bits per heavy atom. The van der Waals surface area contributed by atoms with E-state index in [4.69, 9.17) is 15.2 Å². The summed E-state index contributed by atoms with van der Waals surface area (Å²) >= 11 is 0. The minimum atomic E-state index is -1.03. The largest absolute Gasteiger partial charge is 0.452 e. The molecule has 0 radical (unpaired) electrons. The SMILES string of the molecule is C[C@H](OC(=O)CCNC(=O)OC(C)(C)C)C(=O)Nc1ccc(C(N)=O)cc1. The Kier molecular flexibility index (Phi) is 7.77. The van der Waals surface area contributed by atoms with Gasteiger partial charge >= 0.3 is 12.1 Å². The van der Waals surface area contributed by atoms with Gasteiger partial charge in [0, 0.05) is 17.8 Å². The molecule has 3 amide bonds. The first-order valence-corrected chi connectivity index (χ1v) is 8.35. The van der Waals surface area contributed by atoms with Crippen LogP contribution in [0.15, 0.2) is 24.3 Å².